The van der Waals surface area contributed by atoms with E-state index in [4.69, 9.17) is 14.1 Å². The topological polar surface area (TPSA) is 49.0 Å². The van der Waals surface area contributed by atoms with Gasteiger partial charge in [0.2, 0.25) is 0 Å². The van der Waals surface area contributed by atoms with E-state index in [1.165, 1.54) is 16.7 Å². The summed E-state index contributed by atoms with van der Waals surface area (Å²) in [5.74, 6) is 2.32. The van der Waals surface area contributed by atoms with Gasteiger partial charge in [-0.1, -0.05) is 117 Å². The SMILES string of the molecule is CC(C)(C)c1cc(-[n+]2[c-]n(-c3cccc(Oc4ccc5c6c7c(ccc6n(-c6cc(C(C)(C)C)ccn6)c5c4)oc4ccccc47)c3)c3ccccc32)cc(C(C)(C)C)c1. The van der Waals surface area contributed by atoms with Crippen molar-refractivity contribution in [1.29, 1.82) is 0 Å². The van der Waals surface area contributed by atoms with Crippen molar-refractivity contribution in [2.24, 2.45) is 0 Å². The first-order chi connectivity index (χ1) is 28.6. The summed E-state index contributed by atoms with van der Waals surface area (Å²) in [7, 11) is 0. The fraction of sp³-hybridized carbons (Fsp3) is 0.222. The van der Waals surface area contributed by atoms with Gasteiger partial charge in [0.15, 0.2) is 0 Å². The third-order valence-corrected chi connectivity index (χ3v) is 11.9. The minimum atomic E-state index is -0.0443. The van der Waals surface area contributed by atoms with Crippen LogP contribution in [0.3, 0.4) is 0 Å². The Labute approximate surface area is 351 Å². The van der Waals surface area contributed by atoms with Crippen LogP contribution in [-0.2, 0) is 16.2 Å². The molecule has 0 fully saturated rings. The number of rotatable bonds is 5. The third kappa shape index (κ3) is 6.33. The summed E-state index contributed by atoms with van der Waals surface area (Å²) in [5, 5.41) is 4.44. The average molecular weight is 787 g/mol. The molecule has 0 spiro atoms. The first-order valence-electron chi connectivity index (χ1n) is 20.9. The average Bonchev–Trinajstić information content (AvgIpc) is 3.89. The number of nitrogens with zero attached hydrogens (tertiary/aromatic N) is 4. The van der Waals surface area contributed by atoms with Crippen molar-refractivity contribution in [3.63, 3.8) is 0 Å². The van der Waals surface area contributed by atoms with E-state index in [0.717, 1.165) is 83.5 Å². The van der Waals surface area contributed by atoms with E-state index in [1.54, 1.807) is 0 Å². The van der Waals surface area contributed by atoms with E-state index < -0.39 is 0 Å². The first kappa shape index (κ1) is 37.6. The van der Waals surface area contributed by atoms with Gasteiger partial charge in [-0.05, 0) is 106 Å². The van der Waals surface area contributed by atoms with Gasteiger partial charge in [-0.3, -0.25) is 13.7 Å². The summed E-state index contributed by atoms with van der Waals surface area (Å²) >= 11 is 0. The molecule has 0 bridgehead atoms. The van der Waals surface area contributed by atoms with Gasteiger partial charge < -0.3 is 9.15 Å². The van der Waals surface area contributed by atoms with Crippen LogP contribution in [0.15, 0.2) is 144 Å². The fourth-order valence-electron chi connectivity index (χ4n) is 8.49. The van der Waals surface area contributed by atoms with Gasteiger partial charge in [-0.25, -0.2) is 4.98 Å². The Morgan fingerprint density at radius 1 is 0.550 bits per heavy atom. The van der Waals surface area contributed by atoms with Crippen LogP contribution in [0.2, 0.25) is 0 Å². The second-order valence-corrected chi connectivity index (χ2v) is 19.2. The zero-order valence-electron chi connectivity index (χ0n) is 35.9. The molecule has 0 saturated carbocycles. The van der Waals surface area contributed by atoms with Crippen LogP contribution < -0.4 is 9.30 Å². The highest BCUT2D eigenvalue weighted by atomic mass is 16.5. The van der Waals surface area contributed by atoms with Crippen LogP contribution in [0.4, 0.5) is 0 Å². The van der Waals surface area contributed by atoms with E-state index in [-0.39, 0.29) is 16.2 Å². The van der Waals surface area contributed by atoms with E-state index in [9.17, 15) is 0 Å². The summed E-state index contributed by atoms with van der Waals surface area (Å²) in [6.07, 6.45) is 5.65. The Hall–Kier alpha value is -6.66. The molecule has 6 heteroatoms. The maximum atomic E-state index is 6.78. The lowest BCUT2D eigenvalue weighted by Crippen LogP contribution is -2.31. The number of hydrogen-bond acceptors (Lipinski definition) is 3. The predicted octanol–water partition coefficient (Wildman–Crippen LogP) is 13.8. The van der Waals surface area contributed by atoms with E-state index >= 15 is 0 Å². The van der Waals surface area contributed by atoms with Crippen LogP contribution in [-0.4, -0.2) is 14.1 Å². The van der Waals surface area contributed by atoms with Crippen molar-refractivity contribution in [3.05, 3.63) is 163 Å². The largest absolute Gasteiger partial charge is 0.458 e. The Balaban J connectivity index is 1.10. The minimum Gasteiger partial charge on any atom is -0.458 e. The summed E-state index contributed by atoms with van der Waals surface area (Å²) in [5.41, 5.74) is 11.8. The molecule has 0 atom stereocenters. The number of fused-ring (bicyclic) bond motifs is 8. The van der Waals surface area contributed by atoms with Crippen LogP contribution in [0.25, 0.3) is 72.0 Å². The number of ether oxygens (including phenoxy) is 1. The number of hydrogen-bond donors (Lipinski definition) is 0. The molecule has 298 valence electrons. The van der Waals surface area contributed by atoms with Crippen molar-refractivity contribution in [2.45, 2.75) is 78.6 Å². The van der Waals surface area contributed by atoms with Gasteiger partial charge in [-0.2, -0.15) is 0 Å². The molecule has 60 heavy (non-hydrogen) atoms. The standard InChI is InChI=1S/C54H50N4O2/c1-52(2,3)34-25-26-55-49(30-34)58-45-23-24-48-51(42-17-10-13-20-47(42)60-48)50(45)41-22-21-40(32-46(41)58)59-39-16-14-15-37(31-39)56-33-57(44-19-12-11-18-43(44)56)38-28-35(53(4,5)6)27-36(29-38)54(7,8)9/h10-32H,1-9H3. The normalized spacial score (nSPS) is 12.8. The highest BCUT2D eigenvalue weighted by Gasteiger charge is 2.24. The molecule has 0 saturated heterocycles. The quantitative estimate of drug-likeness (QED) is 0.129. The molecule has 0 N–H and O–H groups in total. The zero-order chi connectivity index (χ0) is 41.7. The molecule has 4 aromatic heterocycles. The third-order valence-electron chi connectivity index (χ3n) is 11.9. The number of para-hydroxylation sites is 3. The maximum absolute atomic E-state index is 6.78. The monoisotopic (exact) mass is 786 g/mol. The lowest BCUT2D eigenvalue weighted by Gasteiger charge is -2.26. The second kappa shape index (κ2) is 13.4. The molecule has 6 nitrogen and oxygen atoms in total. The van der Waals surface area contributed by atoms with Gasteiger partial charge >= 0.3 is 0 Å². The zero-order valence-corrected chi connectivity index (χ0v) is 35.9. The van der Waals surface area contributed by atoms with Gasteiger partial charge in [0.05, 0.1) is 33.4 Å². The summed E-state index contributed by atoms with van der Waals surface area (Å²) in [6, 6.07) is 47.0. The molecular formula is C54H50N4O2. The van der Waals surface area contributed by atoms with E-state index in [1.807, 2.05) is 30.5 Å². The summed E-state index contributed by atoms with van der Waals surface area (Å²) in [4.78, 5) is 4.96. The number of furan rings is 1. The van der Waals surface area contributed by atoms with Gasteiger partial charge in [0.1, 0.15) is 28.5 Å². The lowest BCUT2D eigenvalue weighted by atomic mass is 9.80. The van der Waals surface area contributed by atoms with Gasteiger partial charge in [0.25, 0.3) is 6.33 Å². The molecule has 0 aliphatic heterocycles. The number of aromatic nitrogens is 4. The Morgan fingerprint density at radius 3 is 2.03 bits per heavy atom. The number of imidazole rings is 1. The highest BCUT2D eigenvalue weighted by Crippen LogP contribution is 2.43. The van der Waals surface area contributed by atoms with Crippen LogP contribution in [0.1, 0.15) is 79.0 Å². The lowest BCUT2D eigenvalue weighted by molar-refractivity contribution is -0.572. The van der Waals surface area contributed by atoms with Crippen molar-refractivity contribution >= 4 is 54.8 Å². The van der Waals surface area contributed by atoms with Crippen LogP contribution >= 0.6 is 0 Å². The summed E-state index contributed by atoms with van der Waals surface area (Å²) in [6.45, 7) is 20.4. The second-order valence-electron chi connectivity index (χ2n) is 19.2. The van der Waals surface area contributed by atoms with Gasteiger partial charge in [0, 0.05) is 33.8 Å². The molecule has 0 aliphatic rings. The Bertz CT molecular complexity index is 3270. The molecule has 0 aliphatic carbocycles. The molecule has 4 heterocycles. The molecule has 10 rings (SSSR count). The molecule has 0 unspecified atom stereocenters. The summed E-state index contributed by atoms with van der Waals surface area (Å²) < 4.78 is 19.8. The fourth-order valence-corrected chi connectivity index (χ4v) is 8.49. The van der Waals surface area contributed by atoms with E-state index in [0.29, 0.717) is 0 Å². The van der Waals surface area contributed by atoms with Crippen molar-refractivity contribution in [3.8, 4) is 28.7 Å². The molecule has 0 radical (unpaired) electrons. The minimum absolute atomic E-state index is 0.00910. The van der Waals surface area contributed by atoms with Crippen molar-refractivity contribution < 1.29 is 13.7 Å². The van der Waals surface area contributed by atoms with Crippen molar-refractivity contribution in [1.82, 2.24) is 14.1 Å². The van der Waals surface area contributed by atoms with E-state index in [2.05, 4.69) is 192 Å². The number of benzene rings is 6. The smallest absolute Gasteiger partial charge is 0.269 e. The Kier molecular flexibility index (Phi) is 8.42. The maximum Gasteiger partial charge on any atom is 0.269 e. The van der Waals surface area contributed by atoms with Crippen molar-refractivity contribution in [2.75, 3.05) is 0 Å². The first-order valence-corrected chi connectivity index (χ1v) is 20.9. The molecule has 6 aromatic carbocycles. The molecule has 0 amide bonds. The van der Waals surface area contributed by atoms with Crippen LogP contribution in [0.5, 0.6) is 11.5 Å². The van der Waals surface area contributed by atoms with Gasteiger partial charge in [-0.15, -0.1) is 0 Å². The highest BCUT2D eigenvalue weighted by molar-refractivity contribution is 6.27. The molecular weight excluding hydrogens is 737 g/mol. The van der Waals surface area contributed by atoms with Crippen LogP contribution in [0, 0.1) is 6.33 Å². The molecule has 10 aromatic rings. The Morgan fingerprint density at radius 2 is 1.27 bits per heavy atom. The number of pyridine rings is 1. The predicted molar refractivity (Wildman–Crippen MR) is 246 cm³/mol.